The topological polar surface area (TPSA) is 77.6 Å². The maximum atomic E-state index is 13.0. The monoisotopic (exact) mass is 445 g/mol. The molecule has 7 heteroatoms. The fraction of sp³-hybridized carbons (Fsp3) is 0.346. The molecule has 2 heterocycles. The van der Waals surface area contributed by atoms with Gasteiger partial charge in [0.1, 0.15) is 0 Å². The molecule has 1 atom stereocenters. The number of rotatable bonds is 6. The van der Waals surface area contributed by atoms with Crippen LogP contribution in [0, 0.1) is 12.8 Å². The zero-order valence-corrected chi connectivity index (χ0v) is 19.3. The minimum Gasteiger partial charge on any atom is -0.337 e. The number of nitrogens with zero attached hydrogens (tertiary/aromatic N) is 3. The van der Waals surface area contributed by atoms with E-state index in [0.717, 1.165) is 47.4 Å². The minimum atomic E-state index is -0.237. The number of benzene rings is 2. The van der Waals surface area contributed by atoms with Crippen LogP contribution in [0.5, 0.6) is 0 Å². The van der Waals surface area contributed by atoms with Crippen molar-refractivity contribution < 1.29 is 9.59 Å². The van der Waals surface area contributed by atoms with Gasteiger partial charge in [0.2, 0.25) is 5.91 Å². The number of aromatic nitrogens is 1. The van der Waals surface area contributed by atoms with E-state index in [9.17, 15) is 9.59 Å². The van der Waals surface area contributed by atoms with Gasteiger partial charge in [0.25, 0.3) is 0 Å². The molecule has 0 saturated carbocycles. The lowest BCUT2D eigenvalue weighted by Gasteiger charge is -2.34. The van der Waals surface area contributed by atoms with Crippen LogP contribution in [0.2, 0.25) is 0 Å². The Morgan fingerprint density at radius 2 is 1.88 bits per heavy atom. The first kappa shape index (κ1) is 22.7. The average Bonchev–Trinajstić information content (AvgIpc) is 2.84. The van der Waals surface area contributed by atoms with E-state index in [1.54, 1.807) is 4.90 Å². The van der Waals surface area contributed by atoms with Crippen molar-refractivity contribution in [2.24, 2.45) is 5.92 Å². The van der Waals surface area contributed by atoms with Crippen molar-refractivity contribution >= 4 is 34.2 Å². The first-order valence-corrected chi connectivity index (χ1v) is 11.5. The molecule has 2 N–H and O–H groups in total. The highest BCUT2D eigenvalue weighted by Crippen LogP contribution is 2.23. The van der Waals surface area contributed by atoms with Crippen molar-refractivity contribution in [1.29, 1.82) is 0 Å². The number of pyridine rings is 1. The normalized spacial score (nSPS) is 16.4. The fourth-order valence-electron chi connectivity index (χ4n) is 4.42. The van der Waals surface area contributed by atoms with Crippen molar-refractivity contribution in [1.82, 2.24) is 15.2 Å². The number of amides is 3. The second-order valence-corrected chi connectivity index (χ2v) is 8.58. The number of carbonyl (C=O) groups excluding carboxylic acids is 2. The highest BCUT2D eigenvalue weighted by atomic mass is 16.2. The maximum Gasteiger partial charge on any atom is 0.319 e. The summed E-state index contributed by atoms with van der Waals surface area (Å²) in [5.74, 6) is 0.125. The van der Waals surface area contributed by atoms with E-state index in [0.29, 0.717) is 19.6 Å². The van der Waals surface area contributed by atoms with Crippen molar-refractivity contribution in [3.63, 3.8) is 0 Å². The van der Waals surface area contributed by atoms with Crippen LogP contribution < -0.4 is 15.5 Å². The van der Waals surface area contributed by atoms with Crippen molar-refractivity contribution in [2.45, 2.75) is 19.8 Å². The largest absolute Gasteiger partial charge is 0.337 e. The Labute approximate surface area is 194 Å². The summed E-state index contributed by atoms with van der Waals surface area (Å²) >= 11 is 0. The number of nitrogens with one attached hydrogen (secondary N) is 2. The van der Waals surface area contributed by atoms with Gasteiger partial charge in [-0.2, -0.15) is 0 Å². The fourth-order valence-corrected chi connectivity index (χ4v) is 4.42. The van der Waals surface area contributed by atoms with E-state index in [1.807, 2.05) is 74.6 Å². The standard InChI is InChI=1S/C26H31N5O2/c1-19-17-24(22-12-6-7-13-23(22)28-19)29-26(33)27-14-16-31-15-8-9-20(18-31)25(32)30(2)21-10-4-3-5-11-21/h3-7,10-13,17,20H,8-9,14-16,18H2,1-2H3,(H2,27,28,29,33). The summed E-state index contributed by atoms with van der Waals surface area (Å²) in [5, 5.41) is 6.82. The number of aryl methyl sites for hydroxylation is 1. The lowest BCUT2D eigenvalue weighted by molar-refractivity contribution is -0.123. The summed E-state index contributed by atoms with van der Waals surface area (Å²) in [5.41, 5.74) is 3.38. The molecule has 1 unspecified atom stereocenters. The van der Waals surface area contributed by atoms with Crippen LogP contribution in [0.1, 0.15) is 18.5 Å². The van der Waals surface area contributed by atoms with Gasteiger partial charge in [-0.25, -0.2) is 4.79 Å². The third kappa shape index (κ3) is 5.68. The second kappa shape index (κ2) is 10.4. The Morgan fingerprint density at radius 1 is 1.12 bits per heavy atom. The molecule has 0 bridgehead atoms. The van der Waals surface area contributed by atoms with Gasteiger partial charge in [-0.15, -0.1) is 0 Å². The quantitative estimate of drug-likeness (QED) is 0.600. The van der Waals surface area contributed by atoms with Gasteiger partial charge in [-0.1, -0.05) is 36.4 Å². The third-order valence-electron chi connectivity index (χ3n) is 6.13. The number of anilines is 2. The molecule has 0 spiro atoms. The van der Waals surface area contributed by atoms with Crippen molar-refractivity contribution in [3.8, 4) is 0 Å². The molecule has 1 aliphatic heterocycles. The van der Waals surface area contributed by atoms with E-state index in [1.165, 1.54) is 0 Å². The van der Waals surface area contributed by atoms with Gasteiger partial charge in [0.05, 0.1) is 17.1 Å². The van der Waals surface area contributed by atoms with Gasteiger partial charge in [0, 0.05) is 43.4 Å². The summed E-state index contributed by atoms with van der Waals surface area (Å²) in [6, 6.07) is 19.2. The Kier molecular flexibility index (Phi) is 7.19. The maximum absolute atomic E-state index is 13.0. The van der Waals surface area contributed by atoms with Crippen LogP contribution in [0.4, 0.5) is 16.2 Å². The molecular formula is C26H31N5O2. The van der Waals surface area contributed by atoms with E-state index < -0.39 is 0 Å². The molecule has 3 aromatic rings. The molecule has 3 amide bonds. The van der Waals surface area contributed by atoms with Gasteiger partial charge in [-0.05, 0) is 50.6 Å². The molecule has 1 aromatic heterocycles. The van der Waals surface area contributed by atoms with E-state index in [4.69, 9.17) is 0 Å². The zero-order valence-electron chi connectivity index (χ0n) is 19.3. The van der Waals surface area contributed by atoms with Crippen LogP contribution in [0.15, 0.2) is 60.7 Å². The van der Waals surface area contributed by atoms with E-state index in [2.05, 4.69) is 20.5 Å². The molecule has 1 saturated heterocycles. The zero-order chi connectivity index (χ0) is 23.2. The van der Waals surface area contributed by atoms with Crippen LogP contribution in [-0.2, 0) is 4.79 Å². The molecule has 7 nitrogen and oxygen atoms in total. The lowest BCUT2D eigenvalue weighted by Crippen LogP contribution is -2.46. The molecule has 172 valence electrons. The first-order chi connectivity index (χ1) is 16.0. The van der Waals surface area contributed by atoms with Gasteiger partial charge in [0.15, 0.2) is 0 Å². The van der Waals surface area contributed by atoms with Crippen LogP contribution in [0.25, 0.3) is 10.9 Å². The Hall–Kier alpha value is -3.45. The number of fused-ring (bicyclic) bond motifs is 1. The third-order valence-corrected chi connectivity index (χ3v) is 6.13. The molecule has 1 fully saturated rings. The first-order valence-electron chi connectivity index (χ1n) is 11.5. The number of urea groups is 1. The molecule has 33 heavy (non-hydrogen) atoms. The molecule has 4 rings (SSSR count). The SMILES string of the molecule is Cc1cc(NC(=O)NCCN2CCCC(C(=O)N(C)c3ccccc3)C2)c2ccccc2n1. The Morgan fingerprint density at radius 3 is 2.70 bits per heavy atom. The van der Waals surface area contributed by atoms with Crippen LogP contribution in [0.3, 0.4) is 0 Å². The molecule has 0 radical (unpaired) electrons. The second-order valence-electron chi connectivity index (χ2n) is 8.58. The predicted octanol–water partition coefficient (Wildman–Crippen LogP) is 4.04. The summed E-state index contributed by atoms with van der Waals surface area (Å²) in [6.45, 7) is 4.80. The Bertz CT molecular complexity index is 1120. The Balaban J connectivity index is 1.27. The van der Waals surface area contributed by atoms with E-state index in [-0.39, 0.29) is 17.9 Å². The number of hydrogen-bond acceptors (Lipinski definition) is 4. The van der Waals surface area contributed by atoms with Gasteiger partial charge < -0.3 is 20.4 Å². The number of para-hydroxylation sites is 2. The summed E-state index contributed by atoms with van der Waals surface area (Å²) < 4.78 is 0. The van der Waals surface area contributed by atoms with Gasteiger partial charge >= 0.3 is 6.03 Å². The number of hydrogen-bond donors (Lipinski definition) is 2. The number of piperidine rings is 1. The molecule has 2 aromatic carbocycles. The summed E-state index contributed by atoms with van der Waals surface area (Å²) in [4.78, 5) is 34.0. The highest BCUT2D eigenvalue weighted by molar-refractivity contribution is 6.00. The summed E-state index contributed by atoms with van der Waals surface area (Å²) in [7, 11) is 1.84. The predicted molar refractivity (Wildman–Crippen MR) is 133 cm³/mol. The van der Waals surface area contributed by atoms with Crippen molar-refractivity contribution in [2.75, 3.05) is 43.4 Å². The lowest BCUT2D eigenvalue weighted by atomic mass is 9.96. The molecule has 1 aliphatic rings. The number of likely N-dealkylation sites (tertiary alicyclic amines) is 1. The smallest absolute Gasteiger partial charge is 0.319 e. The molecule has 0 aliphatic carbocycles. The van der Waals surface area contributed by atoms with Crippen molar-refractivity contribution in [3.05, 3.63) is 66.4 Å². The average molecular weight is 446 g/mol. The van der Waals surface area contributed by atoms with Gasteiger partial charge in [-0.3, -0.25) is 9.78 Å². The van der Waals surface area contributed by atoms with Crippen LogP contribution >= 0.6 is 0 Å². The minimum absolute atomic E-state index is 0.0241. The number of carbonyl (C=O) groups is 2. The highest BCUT2D eigenvalue weighted by Gasteiger charge is 2.28. The van der Waals surface area contributed by atoms with E-state index >= 15 is 0 Å². The molecular weight excluding hydrogens is 414 g/mol. The summed E-state index contributed by atoms with van der Waals surface area (Å²) in [6.07, 6.45) is 1.88. The van der Waals surface area contributed by atoms with Crippen LogP contribution in [-0.4, -0.2) is 55.0 Å².